The fourth-order valence-electron chi connectivity index (χ4n) is 2.57. The number of rotatable bonds is 3. The molecule has 1 aliphatic rings. The van der Waals surface area contributed by atoms with Crippen molar-refractivity contribution in [2.24, 2.45) is 11.7 Å². The van der Waals surface area contributed by atoms with Crippen LogP contribution in [0.1, 0.15) is 37.0 Å². The van der Waals surface area contributed by atoms with Crippen molar-refractivity contribution in [3.8, 4) is 0 Å². The summed E-state index contributed by atoms with van der Waals surface area (Å²) in [6.07, 6.45) is 4.59. The third-order valence-electron chi connectivity index (χ3n) is 3.52. The molecule has 15 heavy (non-hydrogen) atoms. The fourth-order valence-corrected chi connectivity index (χ4v) is 2.57. The lowest BCUT2D eigenvalue weighted by Crippen LogP contribution is -2.23. The number of imidazole rings is 1. The van der Waals surface area contributed by atoms with Crippen LogP contribution in [-0.2, 0) is 19.4 Å². The summed E-state index contributed by atoms with van der Waals surface area (Å²) in [5.74, 6) is 2.05. The minimum Gasteiger partial charge on any atom is -0.332 e. The molecule has 0 saturated heterocycles. The number of hydrogen-bond donors (Lipinski definition) is 1. The Morgan fingerprint density at radius 1 is 1.53 bits per heavy atom. The van der Waals surface area contributed by atoms with E-state index in [0.29, 0.717) is 0 Å². The fraction of sp³-hybridized carbons (Fsp3) is 0.750. The van der Waals surface area contributed by atoms with Gasteiger partial charge >= 0.3 is 0 Å². The van der Waals surface area contributed by atoms with E-state index >= 15 is 0 Å². The smallest absolute Gasteiger partial charge is 0.109 e. The van der Waals surface area contributed by atoms with Gasteiger partial charge in [0.1, 0.15) is 5.82 Å². The molecule has 0 radical (unpaired) electrons. The first-order valence-electron chi connectivity index (χ1n) is 6.01. The van der Waals surface area contributed by atoms with Gasteiger partial charge in [-0.15, -0.1) is 0 Å². The summed E-state index contributed by atoms with van der Waals surface area (Å²) < 4.78 is 2.41. The van der Waals surface area contributed by atoms with Gasteiger partial charge < -0.3 is 10.3 Å². The average Bonchev–Trinajstić information content (AvgIpc) is 2.56. The topological polar surface area (TPSA) is 43.8 Å². The van der Waals surface area contributed by atoms with Crippen LogP contribution in [0.15, 0.2) is 0 Å². The summed E-state index contributed by atoms with van der Waals surface area (Å²) in [6, 6.07) is 0. The lowest BCUT2D eigenvalue weighted by molar-refractivity contribution is 0.345. The number of aromatic nitrogens is 2. The van der Waals surface area contributed by atoms with Gasteiger partial charge in [0.15, 0.2) is 0 Å². The second-order valence-electron chi connectivity index (χ2n) is 4.51. The maximum atomic E-state index is 5.62. The van der Waals surface area contributed by atoms with Crippen LogP contribution in [-0.4, -0.2) is 16.1 Å². The van der Waals surface area contributed by atoms with Gasteiger partial charge in [-0.2, -0.15) is 0 Å². The first-order chi connectivity index (χ1) is 7.26. The molecule has 2 rings (SSSR count). The van der Waals surface area contributed by atoms with E-state index in [2.05, 4.69) is 18.4 Å². The van der Waals surface area contributed by atoms with Crippen LogP contribution in [0.25, 0.3) is 0 Å². The number of nitrogens with two attached hydrogens (primary N) is 1. The van der Waals surface area contributed by atoms with E-state index in [4.69, 9.17) is 10.7 Å². The molecule has 3 heteroatoms. The molecule has 1 aliphatic heterocycles. The summed E-state index contributed by atoms with van der Waals surface area (Å²) in [5.41, 5.74) is 8.27. The van der Waals surface area contributed by atoms with Crippen molar-refractivity contribution in [3.63, 3.8) is 0 Å². The Bertz CT molecular complexity index is 341. The first-order valence-corrected chi connectivity index (χ1v) is 6.01. The second kappa shape index (κ2) is 4.35. The van der Waals surface area contributed by atoms with Crippen molar-refractivity contribution in [2.45, 2.75) is 46.1 Å². The standard InChI is InChI=1S/C12H21N3/c1-3-11-9(2)15-8-10(6-7-13)4-5-12(15)14-11/h10H,3-8,13H2,1-2H3. The van der Waals surface area contributed by atoms with E-state index in [9.17, 15) is 0 Å². The molecule has 84 valence electrons. The molecule has 2 N–H and O–H groups in total. The van der Waals surface area contributed by atoms with Gasteiger partial charge in [-0.3, -0.25) is 0 Å². The minimum absolute atomic E-state index is 0.764. The van der Waals surface area contributed by atoms with Crippen molar-refractivity contribution in [2.75, 3.05) is 6.54 Å². The zero-order chi connectivity index (χ0) is 10.8. The Balaban J connectivity index is 2.21. The molecule has 0 amide bonds. The van der Waals surface area contributed by atoms with Gasteiger partial charge in [-0.05, 0) is 38.6 Å². The van der Waals surface area contributed by atoms with Gasteiger partial charge in [0.25, 0.3) is 0 Å². The quantitative estimate of drug-likeness (QED) is 0.819. The van der Waals surface area contributed by atoms with Gasteiger partial charge in [-0.1, -0.05) is 6.92 Å². The monoisotopic (exact) mass is 207 g/mol. The van der Waals surface area contributed by atoms with Crippen molar-refractivity contribution in [1.29, 1.82) is 0 Å². The van der Waals surface area contributed by atoms with Gasteiger partial charge in [0, 0.05) is 18.7 Å². The summed E-state index contributed by atoms with van der Waals surface area (Å²) in [5, 5.41) is 0. The number of nitrogens with zero attached hydrogens (tertiary/aromatic N) is 2. The highest BCUT2D eigenvalue weighted by atomic mass is 15.1. The highest BCUT2D eigenvalue weighted by Crippen LogP contribution is 2.24. The first kappa shape index (κ1) is 10.7. The lowest BCUT2D eigenvalue weighted by Gasteiger charge is -2.24. The zero-order valence-corrected chi connectivity index (χ0v) is 9.79. The van der Waals surface area contributed by atoms with Crippen molar-refractivity contribution in [1.82, 2.24) is 9.55 Å². The Hall–Kier alpha value is -0.830. The van der Waals surface area contributed by atoms with Crippen LogP contribution < -0.4 is 5.73 Å². The molecule has 0 saturated carbocycles. The van der Waals surface area contributed by atoms with Gasteiger partial charge in [0.05, 0.1) is 5.69 Å². The maximum Gasteiger partial charge on any atom is 0.109 e. The Labute approximate surface area is 91.7 Å². The summed E-state index contributed by atoms with van der Waals surface area (Å²) >= 11 is 0. The average molecular weight is 207 g/mol. The van der Waals surface area contributed by atoms with Gasteiger partial charge in [-0.25, -0.2) is 4.98 Å². The predicted molar refractivity (Wildman–Crippen MR) is 61.8 cm³/mol. The molecule has 1 aromatic heterocycles. The van der Waals surface area contributed by atoms with E-state index < -0.39 is 0 Å². The van der Waals surface area contributed by atoms with Gasteiger partial charge in [0.2, 0.25) is 0 Å². The molecule has 2 heterocycles. The van der Waals surface area contributed by atoms with Crippen molar-refractivity contribution in [3.05, 3.63) is 17.2 Å². The summed E-state index contributed by atoms with van der Waals surface area (Å²) in [6.45, 7) is 6.32. The van der Waals surface area contributed by atoms with E-state index in [1.807, 2.05) is 0 Å². The van der Waals surface area contributed by atoms with Crippen LogP contribution >= 0.6 is 0 Å². The molecule has 3 nitrogen and oxygen atoms in total. The highest BCUT2D eigenvalue weighted by molar-refractivity contribution is 5.17. The number of fused-ring (bicyclic) bond motifs is 1. The zero-order valence-electron chi connectivity index (χ0n) is 9.79. The van der Waals surface area contributed by atoms with E-state index in [-0.39, 0.29) is 0 Å². The lowest BCUT2D eigenvalue weighted by atomic mass is 9.96. The van der Waals surface area contributed by atoms with Crippen LogP contribution in [0, 0.1) is 12.8 Å². The third kappa shape index (κ3) is 1.93. The predicted octanol–water partition coefficient (Wildman–Crippen LogP) is 1.67. The van der Waals surface area contributed by atoms with Crippen LogP contribution in [0.4, 0.5) is 0 Å². The van der Waals surface area contributed by atoms with Crippen molar-refractivity contribution >= 4 is 0 Å². The summed E-state index contributed by atoms with van der Waals surface area (Å²) in [7, 11) is 0. The molecule has 0 aliphatic carbocycles. The molecule has 1 aromatic rings. The van der Waals surface area contributed by atoms with Crippen molar-refractivity contribution < 1.29 is 0 Å². The molecule has 0 spiro atoms. The van der Waals surface area contributed by atoms with E-state index in [1.165, 1.54) is 23.6 Å². The summed E-state index contributed by atoms with van der Waals surface area (Å²) in [4.78, 5) is 4.70. The minimum atomic E-state index is 0.764. The molecule has 0 fully saturated rings. The molecular formula is C12H21N3. The second-order valence-corrected chi connectivity index (χ2v) is 4.51. The molecule has 1 atom stereocenters. The van der Waals surface area contributed by atoms with E-state index in [0.717, 1.165) is 38.3 Å². The number of aryl methyl sites for hydroxylation is 2. The molecule has 1 unspecified atom stereocenters. The highest BCUT2D eigenvalue weighted by Gasteiger charge is 2.21. The van der Waals surface area contributed by atoms with Crippen LogP contribution in [0.2, 0.25) is 0 Å². The van der Waals surface area contributed by atoms with Crippen LogP contribution in [0.3, 0.4) is 0 Å². The Kier molecular flexibility index (Phi) is 3.10. The number of hydrogen-bond acceptors (Lipinski definition) is 2. The SMILES string of the molecule is CCc1nc2n(c1C)CC(CCN)CC2. The maximum absolute atomic E-state index is 5.62. The molecular weight excluding hydrogens is 186 g/mol. The molecule has 0 aromatic carbocycles. The largest absolute Gasteiger partial charge is 0.332 e. The normalized spacial score (nSPS) is 20.3. The van der Waals surface area contributed by atoms with E-state index in [1.54, 1.807) is 0 Å². The molecule has 0 bridgehead atoms. The Morgan fingerprint density at radius 3 is 3.00 bits per heavy atom. The third-order valence-corrected chi connectivity index (χ3v) is 3.52. The van der Waals surface area contributed by atoms with Crippen LogP contribution in [0.5, 0.6) is 0 Å². The Morgan fingerprint density at radius 2 is 2.33 bits per heavy atom.